The number of halogens is 1. The van der Waals surface area contributed by atoms with E-state index >= 15 is 0 Å². The molecule has 0 spiro atoms. The van der Waals surface area contributed by atoms with Crippen LogP contribution in [0.4, 0.5) is 11.5 Å². The van der Waals surface area contributed by atoms with Crippen LogP contribution in [0, 0.1) is 0 Å². The number of hydrogen-bond acceptors (Lipinski definition) is 10. The van der Waals surface area contributed by atoms with Crippen molar-refractivity contribution >= 4 is 62.9 Å². The van der Waals surface area contributed by atoms with Crippen LogP contribution < -0.4 is 10.2 Å². The first-order chi connectivity index (χ1) is 27.9. The number of unbranched alkanes of at least 4 members (excludes halogenated alkanes) is 2. The van der Waals surface area contributed by atoms with Gasteiger partial charge in [-0.2, -0.15) is 4.37 Å². The molecule has 0 amide bonds. The summed E-state index contributed by atoms with van der Waals surface area (Å²) in [5.41, 5.74) is 2.01. The fourth-order valence-electron chi connectivity index (χ4n) is 6.35. The largest absolute Gasteiger partial charge is 0.462 e. The number of nitrogens with one attached hydrogen (secondary N) is 1. The van der Waals surface area contributed by atoms with E-state index < -0.39 is 18.2 Å². The molecule has 9 nitrogen and oxygen atoms in total. The zero-order valence-electron chi connectivity index (χ0n) is 33.6. The van der Waals surface area contributed by atoms with Crippen molar-refractivity contribution in [2.75, 3.05) is 49.5 Å². The number of piperazine rings is 1. The number of carbonyl (C=O) groups excluding carboxylic acids is 3. The normalized spacial score (nSPS) is 14.5. The highest BCUT2D eigenvalue weighted by molar-refractivity contribution is 7.13. The van der Waals surface area contributed by atoms with Crippen LogP contribution in [-0.4, -0.2) is 73.1 Å². The Morgan fingerprint density at radius 1 is 0.877 bits per heavy atom. The number of aromatic nitrogens is 1. The van der Waals surface area contributed by atoms with Crippen LogP contribution in [0.1, 0.15) is 82.8 Å². The Labute approximate surface area is 348 Å². The summed E-state index contributed by atoms with van der Waals surface area (Å²) >= 11 is 8.32. The number of aldehydes is 1. The molecule has 0 saturated carbocycles. The van der Waals surface area contributed by atoms with Gasteiger partial charge in [-0.3, -0.25) is 9.69 Å². The summed E-state index contributed by atoms with van der Waals surface area (Å²) in [7, 11) is 0. The Morgan fingerprint density at radius 2 is 1.53 bits per heavy atom. The van der Waals surface area contributed by atoms with Gasteiger partial charge < -0.3 is 24.5 Å². The first-order valence-corrected chi connectivity index (χ1v) is 21.5. The highest BCUT2D eigenvalue weighted by Crippen LogP contribution is 2.31. The Balaban J connectivity index is 1.20. The molecule has 306 valence electrons. The predicted octanol–water partition coefficient (Wildman–Crippen LogP) is 10.2. The number of carbonyl (C=O) groups is 3. The molecular formula is C46H59ClN4O5S. The van der Waals surface area contributed by atoms with Crippen molar-refractivity contribution in [3.63, 3.8) is 0 Å². The van der Waals surface area contributed by atoms with Crippen molar-refractivity contribution in [3.8, 4) is 0 Å². The lowest BCUT2D eigenvalue weighted by molar-refractivity contribution is -0.165. The number of allylic oxidation sites excluding steroid dienone is 10. The van der Waals surface area contributed by atoms with Crippen LogP contribution in [0.2, 0.25) is 5.02 Å². The molecule has 11 heteroatoms. The maximum atomic E-state index is 12.9. The second kappa shape index (κ2) is 26.4. The van der Waals surface area contributed by atoms with Gasteiger partial charge in [-0.15, -0.1) is 0 Å². The van der Waals surface area contributed by atoms with E-state index in [4.69, 9.17) is 25.4 Å². The minimum Gasteiger partial charge on any atom is -0.462 e. The van der Waals surface area contributed by atoms with Crippen molar-refractivity contribution in [3.05, 3.63) is 113 Å². The van der Waals surface area contributed by atoms with E-state index in [2.05, 4.69) is 94.9 Å². The lowest BCUT2D eigenvalue weighted by Gasteiger charge is -2.35. The quantitative estimate of drug-likeness (QED) is 0.0295. The number of ether oxygens (including phenoxy) is 2. The standard InChI is InChI=1S/C46H59ClN4O5S/c1-3-5-6-7-8-9-10-11-12-13-14-15-16-17-18-19-20-21-26-43(53)56-45(46(54)55-4-2)48-41-36-40(47)37(35-38(41)28-34-52)27-29-50-30-32-51(33-31-50)44-39-24-22-23-25-42(39)57-49-44/h6-7,9-10,12-13,15-16,18-19,22-25,34-36,45,48H,3-5,8,11,14,17,20-21,26-33H2,1-2H3/b7-6-,10-9-,13-12-,16-15-,19-18-. The van der Waals surface area contributed by atoms with Crippen molar-refractivity contribution in [2.24, 2.45) is 0 Å². The molecule has 57 heavy (non-hydrogen) atoms. The number of anilines is 2. The Kier molecular flexibility index (Phi) is 20.9. The van der Waals surface area contributed by atoms with Gasteiger partial charge in [0, 0.05) is 61.7 Å². The van der Waals surface area contributed by atoms with Gasteiger partial charge in [-0.05, 0) is 99.1 Å². The molecule has 1 unspecified atom stereocenters. The monoisotopic (exact) mass is 814 g/mol. The summed E-state index contributed by atoms with van der Waals surface area (Å²) in [5.74, 6) is -0.185. The second-order valence-corrected chi connectivity index (χ2v) is 15.0. The van der Waals surface area contributed by atoms with Gasteiger partial charge in [0.05, 0.1) is 11.3 Å². The van der Waals surface area contributed by atoms with E-state index in [1.54, 1.807) is 13.0 Å². The number of hydrogen-bond donors (Lipinski definition) is 1. The smallest absolute Gasteiger partial charge is 0.369 e. The number of fused-ring (bicyclic) bond motifs is 1. The van der Waals surface area contributed by atoms with Gasteiger partial charge in [-0.1, -0.05) is 104 Å². The van der Waals surface area contributed by atoms with Crippen LogP contribution in [0.15, 0.2) is 97.2 Å². The third kappa shape index (κ3) is 16.1. The average molecular weight is 816 g/mol. The van der Waals surface area contributed by atoms with Gasteiger partial charge in [0.25, 0.3) is 6.23 Å². The number of benzene rings is 2. The first kappa shape index (κ1) is 45.2. The van der Waals surface area contributed by atoms with E-state index in [-0.39, 0.29) is 19.4 Å². The Bertz CT molecular complexity index is 1840. The molecular weight excluding hydrogens is 756 g/mol. The minimum absolute atomic E-state index is 0.101. The number of rotatable bonds is 25. The molecule has 2 aromatic carbocycles. The molecule has 1 N–H and O–H groups in total. The molecule has 1 fully saturated rings. The molecule has 1 aromatic heterocycles. The number of nitrogens with zero attached hydrogens (tertiary/aromatic N) is 3. The van der Waals surface area contributed by atoms with Crippen molar-refractivity contribution in [2.45, 2.75) is 90.7 Å². The summed E-state index contributed by atoms with van der Waals surface area (Å²) in [5, 5.41) is 4.70. The van der Waals surface area contributed by atoms with E-state index in [0.29, 0.717) is 35.5 Å². The lowest BCUT2D eigenvalue weighted by Crippen LogP contribution is -2.47. The second-order valence-electron chi connectivity index (χ2n) is 13.8. The fraction of sp³-hybridized carbons (Fsp3) is 0.435. The van der Waals surface area contributed by atoms with Gasteiger partial charge in [0.15, 0.2) is 0 Å². The zero-order chi connectivity index (χ0) is 40.5. The van der Waals surface area contributed by atoms with Crippen LogP contribution in [0.3, 0.4) is 0 Å². The third-order valence-corrected chi connectivity index (χ3v) is 10.6. The highest BCUT2D eigenvalue weighted by atomic mass is 35.5. The minimum atomic E-state index is -1.38. The van der Waals surface area contributed by atoms with Crippen LogP contribution in [0.25, 0.3) is 10.1 Å². The predicted molar refractivity (Wildman–Crippen MR) is 236 cm³/mol. The number of esters is 2. The SMILES string of the molecule is CCC/C=C\C/C=C\C/C=C\C/C=C\C/C=C\CCCC(=O)OC(Nc1cc(Cl)c(CCN2CCN(c3nsc4ccccc34)CC2)cc1CC=O)C(=O)OCC. The molecule has 0 bridgehead atoms. The van der Waals surface area contributed by atoms with E-state index in [9.17, 15) is 14.4 Å². The summed E-state index contributed by atoms with van der Waals surface area (Å²) < 4.78 is 16.7. The summed E-state index contributed by atoms with van der Waals surface area (Å²) in [6.45, 7) is 8.38. The summed E-state index contributed by atoms with van der Waals surface area (Å²) in [4.78, 5) is 42.2. The van der Waals surface area contributed by atoms with E-state index in [0.717, 1.165) is 82.5 Å². The third-order valence-electron chi connectivity index (χ3n) is 9.47. The molecule has 3 aromatic rings. The summed E-state index contributed by atoms with van der Waals surface area (Å²) in [6.07, 6.45) is 29.3. The van der Waals surface area contributed by atoms with Crippen molar-refractivity contribution in [1.82, 2.24) is 9.27 Å². The summed E-state index contributed by atoms with van der Waals surface area (Å²) in [6, 6.07) is 11.9. The molecule has 4 rings (SSSR count). The van der Waals surface area contributed by atoms with Crippen molar-refractivity contribution < 1.29 is 23.9 Å². The highest BCUT2D eigenvalue weighted by Gasteiger charge is 2.26. The van der Waals surface area contributed by atoms with Gasteiger partial charge in [-0.25, -0.2) is 4.79 Å². The molecule has 2 heterocycles. The fourth-order valence-corrected chi connectivity index (χ4v) is 7.41. The molecule has 0 radical (unpaired) electrons. The molecule has 0 aliphatic carbocycles. The topological polar surface area (TPSA) is 101 Å². The molecule has 1 aliphatic heterocycles. The van der Waals surface area contributed by atoms with Gasteiger partial charge in [0.2, 0.25) is 0 Å². The maximum Gasteiger partial charge on any atom is 0.369 e. The lowest BCUT2D eigenvalue weighted by atomic mass is 10.0. The Morgan fingerprint density at radius 3 is 2.18 bits per heavy atom. The van der Waals surface area contributed by atoms with E-state index in [1.165, 1.54) is 28.0 Å². The molecule has 1 atom stereocenters. The van der Waals surface area contributed by atoms with Gasteiger partial charge >= 0.3 is 11.9 Å². The first-order valence-electron chi connectivity index (χ1n) is 20.4. The van der Waals surface area contributed by atoms with Gasteiger partial charge in [0.1, 0.15) is 12.1 Å². The van der Waals surface area contributed by atoms with E-state index in [1.807, 2.05) is 18.2 Å². The molecule has 1 saturated heterocycles. The average Bonchev–Trinajstić information content (AvgIpc) is 3.65. The van der Waals surface area contributed by atoms with Crippen LogP contribution in [0.5, 0.6) is 0 Å². The maximum absolute atomic E-state index is 12.9. The van der Waals surface area contributed by atoms with Crippen LogP contribution in [-0.2, 0) is 36.7 Å². The van der Waals surface area contributed by atoms with Crippen LogP contribution >= 0.6 is 23.1 Å². The van der Waals surface area contributed by atoms with Crippen molar-refractivity contribution in [1.29, 1.82) is 0 Å². The zero-order valence-corrected chi connectivity index (χ0v) is 35.2. The molecule has 1 aliphatic rings. The Hall–Kier alpha value is -4.51.